The maximum absolute atomic E-state index is 11.9. The molecule has 1 unspecified atom stereocenters. The maximum atomic E-state index is 11.9. The van der Waals surface area contributed by atoms with Gasteiger partial charge in [-0.1, -0.05) is 12.1 Å². The van der Waals surface area contributed by atoms with Gasteiger partial charge in [0.1, 0.15) is 12.2 Å². The number of H-pyrrole nitrogens is 1. The van der Waals surface area contributed by atoms with Gasteiger partial charge in [-0.05, 0) is 25.5 Å². The van der Waals surface area contributed by atoms with Crippen LogP contribution in [0.25, 0.3) is 0 Å². The predicted molar refractivity (Wildman–Crippen MR) is 75.1 cm³/mol. The fourth-order valence-corrected chi connectivity index (χ4v) is 1.90. The Morgan fingerprint density at radius 1 is 1.38 bits per heavy atom. The number of aryl methyl sites for hydroxylation is 1. The molecule has 8 heteroatoms. The van der Waals surface area contributed by atoms with Crippen LogP contribution in [0.2, 0.25) is 0 Å². The normalized spacial score (nSPS) is 11.7. The highest BCUT2D eigenvalue weighted by Gasteiger charge is 2.16. The first-order valence-corrected chi connectivity index (χ1v) is 6.24. The number of carboxylic acid groups (broad SMARTS) is 1. The molecule has 2 amide bonds. The molecule has 1 heterocycles. The molecule has 0 saturated heterocycles. The molecule has 0 bridgehead atoms. The Bertz CT molecular complexity index is 654. The summed E-state index contributed by atoms with van der Waals surface area (Å²) in [5.74, 6) is -0.584. The van der Waals surface area contributed by atoms with Gasteiger partial charge in [0.25, 0.3) is 0 Å². The minimum atomic E-state index is -1.09. The van der Waals surface area contributed by atoms with E-state index in [1.54, 1.807) is 26.0 Å². The average Bonchev–Trinajstić information content (AvgIpc) is 2.91. The minimum absolute atomic E-state index is 0.0694. The van der Waals surface area contributed by atoms with Crippen LogP contribution >= 0.6 is 0 Å². The average molecular weight is 289 g/mol. The molecule has 2 aromatic rings. The van der Waals surface area contributed by atoms with Crippen LogP contribution in [-0.2, 0) is 0 Å². The van der Waals surface area contributed by atoms with E-state index in [-0.39, 0.29) is 17.3 Å². The number of carbonyl (C=O) groups excluding carboxylic acids is 1. The lowest BCUT2D eigenvalue weighted by Gasteiger charge is -2.14. The summed E-state index contributed by atoms with van der Waals surface area (Å²) in [7, 11) is 0. The van der Waals surface area contributed by atoms with E-state index in [9.17, 15) is 14.7 Å². The smallest absolute Gasteiger partial charge is 0.338 e. The summed E-state index contributed by atoms with van der Waals surface area (Å²) in [4.78, 5) is 27.1. The second-order valence-electron chi connectivity index (χ2n) is 4.49. The van der Waals surface area contributed by atoms with Crippen molar-refractivity contribution in [1.29, 1.82) is 0 Å². The molecule has 1 aromatic heterocycles. The van der Waals surface area contributed by atoms with E-state index < -0.39 is 12.0 Å². The molecule has 0 aliphatic heterocycles. The van der Waals surface area contributed by atoms with Crippen molar-refractivity contribution in [2.45, 2.75) is 19.9 Å². The van der Waals surface area contributed by atoms with E-state index in [1.807, 2.05) is 0 Å². The lowest BCUT2D eigenvalue weighted by Crippen LogP contribution is -2.32. The van der Waals surface area contributed by atoms with Crippen molar-refractivity contribution in [1.82, 2.24) is 20.5 Å². The fourth-order valence-electron chi connectivity index (χ4n) is 1.90. The highest BCUT2D eigenvalue weighted by Crippen LogP contribution is 2.19. The van der Waals surface area contributed by atoms with Gasteiger partial charge in [-0.25, -0.2) is 14.6 Å². The van der Waals surface area contributed by atoms with Crippen molar-refractivity contribution in [3.8, 4) is 0 Å². The molecule has 0 saturated carbocycles. The zero-order chi connectivity index (χ0) is 15.4. The number of hydrogen-bond acceptors (Lipinski definition) is 4. The molecule has 2 rings (SSSR count). The summed E-state index contributed by atoms with van der Waals surface area (Å²) in [6.07, 6.45) is 1.34. The molecule has 1 atom stereocenters. The Labute approximate surface area is 120 Å². The molecule has 4 N–H and O–H groups in total. The number of aromatic amines is 1. The summed E-state index contributed by atoms with van der Waals surface area (Å²) < 4.78 is 0. The van der Waals surface area contributed by atoms with E-state index in [2.05, 4.69) is 25.8 Å². The number of aromatic nitrogens is 3. The summed E-state index contributed by atoms with van der Waals surface area (Å²) in [6.45, 7) is 3.40. The summed E-state index contributed by atoms with van der Waals surface area (Å²) in [5, 5.41) is 20.7. The fraction of sp³-hybridized carbons (Fsp3) is 0.231. The number of amides is 2. The lowest BCUT2D eigenvalue weighted by atomic mass is 10.1. The van der Waals surface area contributed by atoms with Crippen molar-refractivity contribution in [2.24, 2.45) is 0 Å². The van der Waals surface area contributed by atoms with Crippen LogP contribution in [0.4, 0.5) is 10.5 Å². The molecular formula is C13H15N5O3. The summed E-state index contributed by atoms with van der Waals surface area (Å²) in [6, 6.07) is 3.98. The van der Waals surface area contributed by atoms with Gasteiger partial charge in [-0.2, -0.15) is 5.10 Å². The molecule has 0 aliphatic carbocycles. The first-order valence-electron chi connectivity index (χ1n) is 6.24. The second-order valence-corrected chi connectivity index (χ2v) is 4.49. The van der Waals surface area contributed by atoms with Crippen molar-refractivity contribution >= 4 is 17.7 Å². The van der Waals surface area contributed by atoms with Gasteiger partial charge in [0, 0.05) is 0 Å². The Kier molecular flexibility index (Phi) is 4.17. The predicted octanol–water partition coefficient (Wildman–Crippen LogP) is 1.69. The number of anilines is 1. The number of hydrogen-bond donors (Lipinski definition) is 4. The Morgan fingerprint density at radius 3 is 2.76 bits per heavy atom. The molecule has 110 valence electrons. The van der Waals surface area contributed by atoms with Crippen molar-refractivity contribution in [3.05, 3.63) is 41.5 Å². The SMILES string of the molecule is Cc1cccc(NC(=O)NC(C)c2ncn[nH]2)c1C(=O)O. The number of aromatic carboxylic acids is 1. The van der Waals surface area contributed by atoms with Crippen LogP contribution in [0.5, 0.6) is 0 Å². The monoisotopic (exact) mass is 289 g/mol. The second kappa shape index (κ2) is 6.04. The number of urea groups is 1. The largest absolute Gasteiger partial charge is 0.478 e. The van der Waals surface area contributed by atoms with E-state index in [0.29, 0.717) is 11.4 Å². The number of nitrogens with one attached hydrogen (secondary N) is 3. The van der Waals surface area contributed by atoms with Gasteiger partial charge < -0.3 is 15.7 Å². The maximum Gasteiger partial charge on any atom is 0.338 e. The Balaban J connectivity index is 2.10. The van der Waals surface area contributed by atoms with Crippen LogP contribution in [0, 0.1) is 6.92 Å². The minimum Gasteiger partial charge on any atom is -0.478 e. The van der Waals surface area contributed by atoms with Crippen molar-refractivity contribution in [3.63, 3.8) is 0 Å². The van der Waals surface area contributed by atoms with Crippen molar-refractivity contribution < 1.29 is 14.7 Å². The van der Waals surface area contributed by atoms with Crippen LogP contribution in [-0.4, -0.2) is 32.3 Å². The molecule has 0 spiro atoms. The van der Waals surface area contributed by atoms with Gasteiger partial charge in [0.15, 0.2) is 0 Å². The number of rotatable bonds is 4. The first kappa shape index (κ1) is 14.5. The third-order valence-electron chi connectivity index (χ3n) is 2.93. The third-order valence-corrected chi connectivity index (χ3v) is 2.93. The van der Waals surface area contributed by atoms with Gasteiger partial charge in [0.05, 0.1) is 17.3 Å². The zero-order valence-electron chi connectivity index (χ0n) is 11.5. The number of benzene rings is 1. The van der Waals surface area contributed by atoms with Crippen LogP contribution in [0.1, 0.15) is 34.7 Å². The lowest BCUT2D eigenvalue weighted by molar-refractivity contribution is 0.0697. The Hall–Kier alpha value is -2.90. The first-order chi connectivity index (χ1) is 9.99. The van der Waals surface area contributed by atoms with Gasteiger partial charge in [-0.3, -0.25) is 5.10 Å². The van der Waals surface area contributed by atoms with Crippen LogP contribution in [0.15, 0.2) is 24.5 Å². The van der Waals surface area contributed by atoms with Crippen LogP contribution < -0.4 is 10.6 Å². The van der Waals surface area contributed by atoms with Crippen molar-refractivity contribution in [2.75, 3.05) is 5.32 Å². The van der Waals surface area contributed by atoms with E-state index in [4.69, 9.17) is 0 Å². The number of carbonyl (C=O) groups is 2. The molecule has 8 nitrogen and oxygen atoms in total. The number of carboxylic acids is 1. The molecule has 0 radical (unpaired) electrons. The standard InChI is InChI=1S/C13H15N5O3/c1-7-4-3-5-9(10(7)12(19)20)17-13(21)16-8(2)11-14-6-15-18-11/h3-6,8H,1-2H3,(H,19,20)(H,14,15,18)(H2,16,17,21). The molecule has 21 heavy (non-hydrogen) atoms. The third kappa shape index (κ3) is 3.35. The highest BCUT2D eigenvalue weighted by atomic mass is 16.4. The quantitative estimate of drug-likeness (QED) is 0.682. The van der Waals surface area contributed by atoms with Crippen LogP contribution in [0.3, 0.4) is 0 Å². The topological polar surface area (TPSA) is 120 Å². The van der Waals surface area contributed by atoms with E-state index in [1.165, 1.54) is 12.4 Å². The van der Waals surface area contributed by atoms with Gasteiger partial charge in [0.2, 0.25) is 0 Å². The molecule has 0 aliphatic rings. The molecular weight excluding hydrogens is 274 g/mol. The Morgan fingerprint density at radius 2 is 2.14 bits per heavy atom. The van der Waals surface area contributed by atoms with E-state index >= 15 is 0 Å². The zero-order valence-corrected chi connectivity index (χ0v) is 11.5. The van der Waals surface area contributed by atoms with Gasteiger partial charge >= 0.3 is 12.0 Å². The summed E-state index contributed by atoms with van der Waals surface area (Å²) >= 11 is 0. The summed E-state index contributed by atoms with van der Waals surface area (Å²) in [5.41, 5.74) is 0.883. The molecule has 1 aromatic carbocycles. The number of nitrogens with zero attached hydrogens (tertiary/aromatic N) is 2. The van der Waals surface area contributed by atoms with Gasteiger partial charge in [-0.15, -0.1) is 0 Å². The highest BCUT2D eigenvalue weighted by molar-refractivity contribution is 6.01. The van der Waals surface area contributed by atoms with E-state index in [0.717, 1.165) is 0 Å². The molecule has 0 fully saturated rings.